The molecule has 0 bridgehead atoms. The molecule has 3 rings (SSSR count). The first-order valence-corrected chi connectivity index (χ1v) is 10.8. The van der Waals surface area contributed by atoms with Crippen LogP contribution in [0.1, 0.15) is 12.0 Å². The summed E-state index contributed by atoms with van der Waals surface area (Å²) in [5.74, 6) is 4.40. The fourth-order valence-electron chi connectivity index (χ4n) is 2.90. The quantitative estimate of drug-likeness (QED) is 0.575. The maximum Gasteiger partial charge on any atom is 0.340 e. The van der Waals surface area contributed by atoms with E-state index in [9.17, 15) is 18.3 Å². The zero-order valence-corrected chi connectivity index (χ0v) is 17.6. The van der Waals surface area contributed by atoms with Gasteiger partial charge in [0.05, 0.1) is 18.4 Å². The molecule has 0 aromatic heterocycles. The van der Waals surface area contributed by atoms with E-state index in [1.54, 1.807) is 55.6 Å². The van der Waals surface area contributed by atoms with Crippen molar-refractivity contribution in [3.05, 3.63) is 84.4 Å². The highest BCUT2D eigenvalue weighted by molar-refractivity contribution is 7.93. The lowest BCUT2D eigenvalue weighted by atomic mass is 10.1. The Morgan fingerprint density at radius 1 is 0.968 bits per heavy atom. The van der Waals surface area contributed by atoms with Crippen molar-refractivity contribution in [2.45, 2.75) is 16.2 Å². The summed E-state index contributed by atoms with van der Waals surface area (Å²) in [6, 6.07) is 22.0. The Kier molecular flexibility index (Phi) is 6.44. The van der Waals surface area contributed by atoms with Crippen molar-refractivity contribution in [2.24, 2.45) is 5.73 Å². The van der Waals surface area contributed by atoms with Crippen LogP contribution in [0.2, 0.25) is 0 Å². The number of carboxylic acid groups (broad SMARTS) is 1. The second-order valence-corrected chi connectivity index (χ2v) is 9.00. The molecule has 7 heteroatoms. The number of methoxy groups -OCH3 is 1. The summed E-state index contributed by atoms with van der Waals surface area (Å²) in [5, 5.41) is 9.62. The van der Waals surface area contributed by atoms with Crippen molar-refractivity contribution in [2.75, 3.05) is 7.11 Å². The maximum atomic E-state index is 13.1. The predicted molar refractivity (Wildman–Crippen MR) is 118 cm³/mol. The number of hydrogen-bond acceptors (Lipinski definition) is 5. The van der Waals surface area contributed by atoms with Gasteiger partial charge in [-0.05, 0) is 47.5 Å². The number of carbonyl (C=O) groups is 1. The van der Waals surface area contributed by atoms with Crippen LogP contribution < -0.4 is 10.5 Å². The molecule has 3 aromatic carbocycles. The predicted octanol–water partition coefficient (Wildman–Crippen LogP) is 3.32. The molecule has 31 heavy (non-hydrogen) atoms. The minimum atomic E-state index is -4.41. The highest BCUT2D eigenvalue weighted by atomic mass is 32.2. The fourth-order valence-corrected chi connectivity index (χ4v) is 4.31. The average Bonchev–Trinajstić information content (AvgIpc) is 2.79. The first-order valence-electron chi connectivity index (χ1n) is 9.33. The van der Waals surface area contributed by atoms with Crippen LogP contribution in [0, 0.1) is 11.8 Å². The Morgan fingerprint density at radius 2 is 1.52 bits per heavy atom. The van der Waals surface area contributed by atoms with Gasteiger partial charge in [0.2, 0.25) is 14.7 Å². The van der Waals surface area contributed by atoms with E-state index in [1.807, 2.05) is 18.2 Å². The Labute approximate surface area is 181 Å². The molecular formula is C24H21NO5S. The highest BCUT2D eigenvalue weighted by Gasteiger charge is 2.48. The summed E-state index contributed by atoms with van der Waals surface area (Å²) in [6.07, 6.45) is -0.556. The van der Waals surface area contributed by atoms with Crippen molar-refractivity contribution in [3.8, 4) is 28.7 Å². The molecule has 0 aliphatic rings. The Hall–Kier alpha value is -3.60. The molecule has 1 unspecified atom stereocenters. The van der Waals surface area contributed by atoms with Crippen LogP contribution >= 0.6 is 0 Å². The van der Waals surface area contributed by atoms with Gasteiger partial charge in [-0.3, -0.25) is 0 Å². The minimum Gasteiger partial charge on any atom is -0.497 e. The molecule has 0 amide bonds. The van der Waals surface area contributed by atoms with Crippen molar-refractivity contribution < 1.29 is 23.1 Å². The van der Waals surface area contributed by atoms with E-state index >= 15 is 0 Å². The van der Waals surface area contributed by atoms with E-state index in [0.29, 0.717) is 11.3 Å². The Balaban J connectivity index is 1.89. The lowest BCUT2D eigenvalue weighted by Gasteiger charge is -2.22. The molecule has 0 radical (unpaired) electrons. The Morgan fingerprint density at radius 3 is 2.03 bits per heavy atom. The molecule has 0 fully saturated rings. The number of hydrogen-bond donors (Lipinski definition) is 2. The van der Waals surface area contributed by atoms with Crippen LogP contribution in [0.25, 0.3) is 11.1 Å². The van der Waals surface area contributed by atoms with Crippen molar-refractivity contribution in [1.82, 2.24) is 0 Å². The first-order chi connectivity index (χ1) is 14.8. The van der Waals surface area contributed by atoms with E-state index in [4.69, 9.17) is 10.5 Å². The lowest BCUT2D eigenvalue weighted by Crippen LogP contribution is -2.54. The molecule has 0 saturated heterocycles. The summed E-state index contributed by atoms with van der Waals surface area (Å²) >= 11 is 0. The fraction of sp³-hybridized carbons (Fsp3) is 0.125. The molecule has 6 nitrogen and oxygen atoms in total. The van der Waals surface area contributed by atoms with Gasteiger partial charge in [-0.1, -0.05) is 54.3 Å². The third kappa shape index (κ3) is 4.61. The first kappa shape index (κ1) is 22.1. The van der Waals surface area contributed by atoms with E-state index < -0.39 is 27.1 Å². The van der Waals surface area contributed by atoms with Gasteiger partial charge in [0.1, 0.15) is 5.75 Å². The number of sulfone groups is 1. The van der Waals surface area contributed by atoms with E-state index in [-0.39, 0.29) is 4.90 Å². The monoisotopic (exact) mass is 435 g/mol. The van der Waals surface area contributed by atoms with Crippen LogP contribution in [-0.4, -0.2) is 31.5 Å². The largest absolute Gasteiger partial charge is 0.497 e. The van der Waals surface area contributed by atoms with Gasteiger partial charge in [-0.2, -0.15) is 0 Å². The van der Waals surface area contributed by atoms with Crippen LogP contribution in [0.5, 0.6) is 5.75 Å². The SMILES string of the molecule is COc1ccc(-c2ccc(S(=O)(=O)C(N)(CC#Cc3ccccc3)C(=O)O)cc2)cc1. The van der Waals surface area contributed by atoms with Crippen LogP contribution in [-0.2, 0) is 14.6 Å². The Bertz CT molecular complexity index is 1230. The summed E-state index contributed by atoms with van der Waals surface area (Å²) in [5.41, 5.74) is 8.15. The molecule has 0 heterocycles. The number of carboxylic acids is 1. The topological polar surface area (TPSA) is 107 Å². The third-order valence-corrected chi connectivity index (χ3v) is 6.96. The molecule has 158 valence electrons. The van der Waals surface area contributed by atoms with E-state index in [0.717, 1.165) is 11.1 Å². The summed E-state index contributed by atoms with van der Waals surface area (Å²) in [6.45, 7) is 0. The molecule has 0 aliphatic carbocycles. The van der Waals surface area contributed by atoms with Gasteiger partial charge < -0.3 is 15.6 Å². The molecule has 0 aliphatic heterocycles. The van der Waals surface area contributed by atoms with Gasteiger partial charge >= 0.3 is 5.97 Å². The van der Waals surface area contributed by atoms with Crippen molar-refractivity contribution in [3.63, 3.8) is 0 Å². The van der Waals surface area contributed by atoms with E-state index in [2.05, 4.69) is 11.8 Å². The lowest BCUT2D eigenvalue weighted by molar-refractivity contribution is -0.139. The molecule has 3 aromatic rings. The van der Waals surface area contributed by atoms with Gasteiger partial charge in [-0.15, -0.1) is 0 Å². The standard InChI is InChI=1S/C24H21NO5S/c1-30-21-13-9-19(10-14-21)20-11-15-22(16-12-20)31(28,29)24(25,23(26)27)17-5-8-18-6-3-2-4-7-18/h2-4,6-7,9-16H,17,25H2,1H3,(H,26,27). The van der Waals surface area contributed by atoms with Crippen molar-refractivity contribution >= 4 is 15.8 Å². The third-order valence-electron chi connectivity index (χ3n) is 4.79. The van der Waals surface area contributed by atoms with E-state index in [1.165, 1.54) is 12.1 Å². The van der Waals surface area contributed by atoms with Crippen LogP contribution in [0.3, 0.4) is 0 Å². The van der Waals surface area contributed by atoms with Crippen LogP contribution in [0.15, 0.2) is 83.8 Å². The van der Waals surface area contributed by atoms with Crippen LogP contribution in [0.4, 0.5) is 0 Å². The second kappa shape index (κ2) is 9.04. The second-order valence-electron chi connectivity index (χ2n) is 6.80. The van der Waals surface area contributed by atoms with Crippen molar-refractivity contribution in [1.29, 1.82) is 0 Å². The van der Waals surface area contributed by atoms with Gasteiger partial charge in [0.15, 0.2) is 0 Å². The average molecular weight is 436 g/mol. The molecule has 1 atom stereocenters. The molecule has 0 saturated carbocycles. The number of rotatable bonds is 6. The zero-order valence-electron chi connectivity index (χ0n) is 16.8. The number of benzene rings is 3. The number of aliphatic carboxylic acids is 1. The van der Waals surface area contributed by atoms with Gasteiger partial charge in [-0.25, -0.2) is 13.2 Å². The zero-order chi connectivity index (χ0) is 22.5. The minimum absolute atomic E-state index is 0.184. The highest BCUT2D eigenvalue weighted by Crippen LogP contribution is 2.28. The number of ether oxygens (including phenoxy) is 1. The number of nitrogens with two attached hydrogens (primary N) is 1. The van der Waals surface area contributed by atoms with Gasteiger partial charge in [0.25, 0.3) is 0 Å². The normalized spacial score (nSPS) is 12.8. The summed E-state index contributed by atoms with van der Waals surface area (Å²) in [4.78, 5) is 9.09. The maximum absolute atomic E-state index is 13.1. The summed E-state index contributed by atoms with van der Waals surface area (Å²) < 4.78 is 31.3. The molecular weight excluding hydrogens is 414 g/mol. The molecule has 3 N–H and O–H groups in total. The van der Waals surface area contributed by atoms with Gasteiger partial charge in [0, 0.05) is 5.56 Å². The smallest absolute Gasteiger partial charge is 0.340 e. The molecule has 0 spiro atoms. The summed E-state index contributed by atoms with van der Waals surface area (Å²) in [7, 11) is -2.84.